The minimum absolute atomic E-state index is 0.00732. The quantitative estimate of drug-likeness (QED) is 0.657. The Kier molecular flexibility index (Phi) is 5.10. The van der Waals surface area contributed by atoms with E-state index in [9.17, 15) is 9.59 Å². The molecule has 2 aliphatic rings. The lowest BCUT2D eigenvalue weighted by Gasteiger charge is -2.36. The Morgan fingerprint density at radius 2 is 1.58 bits per heavy atom. The molecule has 3 heterocycles. The van der Waals surface area contributed by atoms with Gasteiger partial charge >= 0.3 is 0 Å². The largest absolute Gasteiger partial charge is 0.368 e. The average Bonchev–Trinajstić information content (AvgIpc) is 3.30. The van der Waals surface area contributed by atoms with Crippen molar-refractivity contribution in [1.29, 1.82) is 0 Å². The molecule has 0 N–H and O–H groups in total. The number of hydrogen-bond donors (Lipinski definition) is 0. The summed E-state index contributed by atoms with van der Waals surface area (Å²) in [6.07, 6.45) is 1.69. The molecule has 1 amide bonds. The molecule has 31 heavy (non-hydrogen) atoms. The van der Waals surface area contributed by atoms with Crippen LogP contribution in [0.4, 0.5) is 5.69 Å². The number of aryl methyl sites for hydroxylation is 1. The fraction of sp³-hybridized carbons (Fsp3) is 0.308. The summed E-state index contributed by atoms with van der Waals surface area (Å²) in [6, 6.07) is 20.0. The van der Waals surface area contributed by atoms with Gasteiger partial charge in [0.15, 0.2) is 0 Å². The maximum atomic E-state index is 13.7. The second kappa shape index (κ2) is 8.06. The number of hydrogen-bond acceptors (Lipinski definition) is 3. The van der Waals surface area contributed by atoms with Crippen LogP contribution in [-0.4, -0.2) is 41.6 Å². The summed E-state index contributed by atoms with van der Waals surface area (Å²) >= 11 is 0. The van der Waals surface area contributed by atoms with Gasteiger partial charge in [0.1, 0.15) is 0 Å². The Balaban J connectivity index is 1.45. The number of nitrogens with zero attached hydrogens (tertiary/aromatic N) is 3. The van der Waals surface area contributed by atoms with Crippen LogP contribution in [0.5, 0.6) is 0 Å². The molecule has 5 heteroatoms. The van der Waals surface area contributed by atoms with Crippen LogP contribution in [-0.2, 0) is 13.0 Å². The van der Waals surface area contributed by atoms with Crippen molar-refractivity contribution in [2.24, 2.45) is 0 Å². The van der Waals surface area contributed by atoms with Crippen molar-refractivity contribution in [2.75, 3.05) is 31.1 Å². The Morgan fingerprint density at radius 1 is 0.871 bits per heavy atom. The zero-order chi connectivity index (χ0) is 21.4. The summed E-state index contributed by atoms with van der Waals surface area (Å²) in [6.45, 7) is 5.77. The first-order chi connectivity index (χ1) is 15.1. The van der Waals surface area contributed by atoms with Gasteiger partial charge < -0.3 is 14.4 Å². The molecule has 2 aliphatic heterocycles. The highest BCUT2D eigenvalue weighted by atomic mass is 16.2. The normalized spacial score (nSPS) is 15.8. The minimum atomic E-state index is -0.00732. The lowest BCUT2D eigenvalue weighted by Crippen LogP contribution is -2.49. The van der Waals surface area contributed by atoms with Crippen molar-refractivity contribution in [3.63, 3.8) is 0 Å². The van der Waals surface area contributed by atoms with E-state index in [0.717, 1.165) is 42.8 Å². The van der Waals surface area contributed by atoms with Crippen LogP contribution in [0.1, 0.15) is 28.0 Å². The highest BCUT2D eigenvalue weighted by molar-refractivity contribution is 6.02. The average molecular weight is 414 g/mol. The monoisotopic (exact) mass is 413 g/mol. The Hall–Kier alpha value is -3.34. The number of pyridine rings is 1. The fourth-order valence-corrected chi connectivity index (χ4v) is 4.77. The second-order valence-corrected chi connectivity index (χ2v) is 8.45. The van der Waals surface area contributed by atoms with Crippen LogP contribution < -0.4 is 10.5 Å². The van der Waals surface area contributed by atoms with Gasteiger partial charge in [-0.05, 0) is 37.5 Å². The number of aromatic nitrogens is 1. The van der Waals surface area contributed by atoms with Gasteiger partial charge in [0, 0.05) is 55.7 Å². The topological polar surface area (TPSA) is 45.6 Å². The maximum absolute atomic E-state index is 13.7. The van der Waals surface area contributed by atoms with Gasteiger partial charge in [-0.2, -0.15) is 0 Å². The third-order valence-corrected chi connectivity index (χ3v) is 6.48. The number of benzene rings is 2. The van der Waals surface area contributed by atoms with Crippen LogP contribution in [0.2, 0.25) is 0 Å². The molecular formula is C26H27N3O2. The van der Waals surface area contributed by atoms with Gasteiger partial charge in [-0.25, -0.2) is 0 Å². The van der Waals surface area contributed by atoms with Crippen LogP contribution >= 0.6 is 0 Å². The summed E-state index contributed by atoms with van der Waals surface area (Å²) in [5.74, 6) is 0.0491. The number of piperazine rings is 1. The first-order valence-corrected chi connectivity index (χ1v) is 11.0. The first kappa shape index (κ1) is 19.6. The lowest BCUT2D eigenvalue weighted by molar-refractivity contribution is 0.0745. The van der Waals surface area contributed by atoms with Crippen molar-refractivity contribution in [2.45, 2.75) is 26.3 Å². The molecule has 0 aliphatic carbocycles. The SMILES string of the molecule is Cc1ccc(N2CCN(C(=O)c3c(-c4ccccc4)cc(=O)n4c3CCC4)CC2)cc1. The van der Waals surface area contributed by atoms with Crippen LogP contribution in [0, 0.1) is 6.92 Å². The standard InChI is InChI=1S/C26H27N3O2/c1-19-9-11-21(12-10-19)27-14-16-28(17-15-27)26(31)25-22(20-6-3-2-4-7-20)18-24(30)29-13-5-8-23(25)29/h2-4,6-7,9-12,18H,5,8,13-17H2,1H3. The summed E-state index contributed by atoms with van der Waals surface area (Å²) < 4.78 is 1.79. The van der Waals surface area contributed by atoms with E-state index >= 15 is 0 Å². The van der Waals surface area contributed by atoms with E-state index in [0.29, 0.717) is 25.2 Å². The second-order valence-electron chi connectivity index (χ2n) is 8.45. The third kappa shape index (κ3) is 3.65. The van der Waals surface area contributed by atoms with E-state index in [4.69, 9.17) is 0 Å². The van der Waals surface area contributed by atoms with Crippen molar-refractivity contribution in [3.8, 4) is 11.1 Å². The molecule has 0 radical (unpaired) electrons. The van der Waals surface area contributed by atoms with Crippen LogP contribution in [0.15, 0.2) is 65.5 Å². The zero-order valence-electron chi connectivity index (χ0n) is 17.9. The summed E-state index contributed by atoms with van der Waals surface area (Å²) in [4.78, 5) is 30.7. The zero-order valence-corrected chi connectivity index (χ0v) is 17.9. The maximum Gasteiger partial charge on any atom is 0.256 e. The lowest BCUT2D eigenvalue weighted by atomic mass is 9.96. The number of amides is 1. The minimum Gasteiger partial charge on any atom is -0.368 e. The molecule has 3 aromatic rings. The molecule has 0 saturated carbocycles. The van der Waals surface area contributed by atoms with Gasteiger partial charge in [0.05, 0.1) is 5.56 Å². The summed E-state index contributed by atoms with van der Waals surface area (Å²) in [7, 11) is 0. The van der Waals surface area contributed by atoms with Crippen LogP contribution in [0.3, 0.4) is 0 Å². The highest BCUT2D eigenvalue weighted by Gasteiger charge is 2.30. The van der Waals surface area contributed by atoms with E-state index in [1.165, 1.54) is 11.3 Å². The summed E-state index contributed by atoms with van der Waals surface area (Å²) in [5.41, 5.74) is 5.76. The number of anilines is 1. The van der Waals surface area contributed by atoms with Crippen molar-refractivity contribution in [3.05, 3.63) is 87.8 Å². The molecule has 0 spiro atoms. The number of fused-ring (bicyclic) bond motifs is 1. The van der Waals surface area contributed by atoms with Crippen LogP contribution in [0.25, 0.3) is 11.1 Å². The smallest absolute Gasteiger partial charge is 0.256 e. The molecule has 0 unspecified atom stereocenters. The number of carbonyl (C=O) groups excluding carboxylic acids is 1. The molecule has 0 bridgehead atoms. The van der Waals surface area contributed by atoms with Crippen molar-refractivity contribution >= 4 is 11.6 Å². The van der Waals surface area contributed by atoms with E-state index in [2.05, 4.69) is 36.1 Å². The van der Waals surface area contributed by atoms with E-state index in [-0.39, 0.29) is 11.5 Å². The van der Waals surface area contributed by atoms with Gasteiger partial charge in [0.2, 0.25) is 0 Å². The molecule has 5 nitrogen and oxygen atoms in total. The van der Waals surface area contributed by atoms with E-state index in [1.807, 2.05) is 35.2 Å². The molecule has 158 valence electrons. The van der Waals surface area contributed by atoms with E-state index < -0.39 is 0 Å². The van der Waals surface area contributed by atoms with Gasteiger partial charge in [-0.3, -0.25) is 9.59 Å². The summed E-state index contributed by atoms with van der Waals surface area (Å²) in [5, 5.41) is 0. The third-order valence-electron chi connectivity index (χ3n) is 6.48. The Labute approximate surface area is 182 Å². The van der Waals surface area contributed by atoms with Crippen molar-refractivity contribution < 1.29 is 4.79 Å². The fourth-order valence-electron chi connectivity index (χ4n) is 4.77. The predicted octanol–water partition coefficient (Wildman–Crippen LogP) is 3.73. The predicted molar refractivity (Wildman–Crippen MR) is 124 cm³/mol. The molecule has 1 saturated heterocycles. The highest BCUT2D eigenvalue weighted by Crippen LogP contribution is 2.30. The molecule has 1 fully saturated rings. The molecule has 0 atom stereocenters. The van der Waals surface area contributed by atoms with E-state index in [1.54, 1.807) is 10.6 Å². The number of carbonyl (C=O) groups is 1. The number of rotatable bonds is 3. The Morgan fingerprint density at radius 3 is 2.29 bits per heavy atom. The van der Waals surface area contributed by atoms with Crippen molar-refractivity contribution in [1.82, 2.24) is 9.47 Å². The van der Waals surface area contributed by atoms with Gasteiger partial charge in [-0.1, -0.05) is 48.0 Å². The van der Waals surface area contributed by atoms with Gasteiger partial charge in [-0.15, -0.1) is 0 Å². The molecule has 1 aromatic heterocycles. The molecular weight excluding hydrogens is 386 g/mol. The van der Waals surface area contributed by atoms with Gasteiger partial charge in [0.25, 0.3) is 11.5 Å². The first-order valence-electron chi connectivity index (χ1n) is 11.0. The Bertz CT molecular complexity index is 1160. The molecule has 5 rings (SSSR count). The molecule has 2 aromatic carbocycles.